The molecule has 2 rings (SSSR count). The molecule has 1 unspecified atom stereocenters. The third-order valence-corrected chi connectivity index (χ3v) is 3.61. The molecule has 0 fully saturated rings. The van der Waals surface area contributed by atoms with Crippen molar-refractivity contribution in [3.63, 3.8) is 0 Å². The van der Waals surface area contributed by atoms with E-state index in [9.17, 15) is 0 Å². The van der Waals surface area contributed by atoms with Crippen LogP contribution in [0.15, 0.2) is 27.7 Å². The zero-order chi connectivity index (χ0) is 16.3. The first-order chi connectivity index (χ1) is 10.4. The summed E-state index contributed by atoms with van der Waals surface area (Å²) in [6.07, 6.45) is 0. The van der Waals surface area contributed by atoms with Crippen molar-refractivity contribution in [3.05, 3.63) is 46.3 Å². The summed E-state index contributed by atoms with van der Waals surface area (Å²) in [5, 5.41) is 7.12. The number of hydrogen-bond acceptors (Lipinski definition) is 3. The van der Waals surface area contributed by atoms with E-state index in [1.165, 1.54) is 11.1 Å². The molecule has 23 heavy (non-hydrogen) atoms. The maximum atomic E-state index is 5.98. The number of hydrogen-bond donors (Lipinski definition) is 2. The second-order valence-corrected chi connectivity index (χ2v) is 5.87. The third kappa shape index (κ3) is 5.23. The van der Waals surface area contributed by atoms with Crippen molar-refractivity contribution in [2.45, 2.75) is 40.5 Å². The lowest BCUT2D eigenvalue weighted by atomic mass is 10.00. The number of aliphatic imine (C=N–C) groups is 1. The van der Waals surface area contributed by atoms with E-state index in [1.807, 2.05) is 26.0 Å². The van der Waals surface area contributed by atoms with Gasteiger partial charge >= 0.3 is 0 Å². The predicted octanol–water partition coefficient (Wildman–Crippen LogP) is 4.06. The summed E-state index contributed by atoms with van der Waals surface area (Å²) in [5.41, 5.74) is 11.4. The Balaban J connectivity index is 0.00000264. The van der Waals surface area contributed by atoms with Crippen LogP contribution in [-0.4, -0.2) is 17.7 Å². The normalized spacial score (nSPS) is 12.7. The standard InChI is InChI=1S/C17H24N4O.HI/c1-10-6-11(2)8-15(7-10)20-17(18)19-9-12(3)16-13(4)21-22-14(16)5;/h6-8,12H,9H2,1-5H3,(H3,18,19,20);1H. The molecule has 0 saturated carbocycles. The monoisotopic (exact) mass is 428 g/mol. The Hall–Kier alpha value is -1.57. The Morgan fingerprint density at radius 3 is 2.35 bits per heavy atom. The van der Waals surface area contributed by atoms with Gasteiger partial charge in [-0.2, -0.15) is 0 Å². The fourth-order valence-electron chi connectivity index (χ4n) is 2.75. The Kier molecular flexibility index (Phi) is 7.05. The van der Waals surface area contributed by atoms with Gasteiger partial charge in [-0.05, 0) is 51.0 Å². The number of nitrogens with zero attached hydrogens (tertiary/aromatic N) is 2. The summed E-state index contributed by atoms with van der Waals surface area (Å²) in [7, 11) is 0. The maximum Gasteiger partial charge on any atom is 0.193 e. The molecular formula is C17H25IN4O. The van der Waals surface area contributed by atoms with Gasteiger partial charge in [-0.15, -0.1) is 24.0 Å². The molecule has 2 aromatic rings. The van der Waals surface area contributed by atoms with Crippen LogP contribution < -0.4 is 11.1 Å². The van der Waals surface area contributed by atoms with Crippen molar-refractivity contribution >= 4 is 35.6 Å². The van der Waals surface area contributed by atoms with Gasteiger partial charge in [0.05, 0.1) is 5.69 Å². The van der Waals surface area contributed by atoms with E-state index in [1.54, 1.807) is 0 Å². The molecule has 0 radical (unpaired) electrons. The Bertz CT molecular complexity index is 654. The number of rotatable bonds is 4. The molecule has 0 spiro atoms. The topological polar surface area (TPSA) is 76.4 Å². The average molecular weight is 428 g/mol. The highest BCUT2D eigenvalue weighted by atomic mass is 127. The molecule has 126 valence electrons. The van der Waals surface area contributed by atoms with E-state index in [2.05, 4.69) is 42.3 Å². The fraction of sp³-hybridized carbons (Fsp3) is 0.412. The molecule has 3 N–H and O–H groups in total. The van der Waals surface area contributed by atoms with Crippen LogP contribution in [0.1, 0.15) is 41.0 Å². The van der Waals surface area contributed by atoms with Crippen LogP contribution in [0.2, 0.25) is 0 Å². The van der Waals surface area contributed by atoms with Gasteiger partial charge in [0.2, 0.25) is 0 Å². The number of anilines is 1. The van der Waals surface area contributed by atoms with Crippen LogP contribution in [0.4, 0.5) is 5.69 Å². The molecule has 1 atom stereocenters. The highest BCUT2D eigenvalue weighted by molar-refractivity contribution is 14.0. The molecular weight excluding hydrogens is 403 g/mol. The maximum absolute atomic E-state index is 5.98. The van der Waals surface area contributed by atoms with Crippen molar-refractivity contribution in [1.82, 2.24) is 5.16 Å². The molecule has 1 aromatic carbocycles. The lowest BCUT2D eigenvalue weighted by Crippen LogP contribution is -2.23. The zero-order valence-electron chi connectivity index (χ0n) is 14.3. The largest absolute Gasteiger partial charge is 0.370 e. The van der Waals surface area contributed by atoms with Gasteiger partial charge < -0.3 is 15.6 Å². The van der Waals surface area contributed by atoms with Crippen molar-refractivity contribution in [2.24, 2.45) is 10.7 Å². The van der Waals surface area contributed by atoms with Crippen LogP contribution in [0.3, 0.4) is 0 Å². The first kappa shape index (κ1) is 19.5. The summed E-state index contributed by atoms with van der Waals surface area (Å²) in [6, 6.07) is 6.22. The Morgan fingerprint density at radius 1 is 1.22 bits per heavy atom. The lowest BCUT2D eigenvalue weighted by Gasteiger charge is -2.11. The number of aryl methyl sites for hydroxylation is 4. The molecule has 0 amide bonds. The molecule has 0 aliphatic heterocycles. The SMILES string of the molecule is Cc1cc(C)cc(NC(N)=NCC(C)c2c(C)noc2C)c1.I. The van der Waals surface area contributed by atoms with Crippen LogP contribution in [-0.2, 0) is 0 Å². The summed E-state index contributed by atoms with van der Waals surface area (Å²) in [4.78, 5) is 4.43. The summed E-state index contributed by atoms with van der Waals surface area (Å²) >= 11 is 0. The number of nitrogens with two attached hydrogens (primary N) is 1. The highest BCUT2D eigenvalue weighted by Gasteiger charge is 2.15. The van der Waals surface area contributed by atoms with E-state index >= 15 is 0 Å². The first-order valence-electron chi connectivity index (χ1n) is 7.45. The van der Waals surface area contributed by atoms with Gasteiger partial charge in [0, 0.05) is 23.7 Å². The second kappa shape index (κ2) is 8.33. The highest BCUT2D eigenvalue weighted by Crippen LogP contribution is 2.23. The summed E-state index contributed by atoms with van der Waals surface area (Å²) < 4.78 is 5.20. The molecule has 0 bridgehead atoms. The van der Waals surface area contributed by atoms with Gasteiger partial charge in [-0.1, -0.05) is 18.1 Å². The number of aromatic nitrogens is 1. The van der Waals surface area contributed by atoms with Crippen LogP contribution in [0.5, 0.6) is 0 Å². The fourth-order valence-corrected chi connectivity index (χ4v) is 2.75. The quantitative estimate of drug-likeness (QED) is 0.438. The molecule has 0 saturated heterocycles. The first-order valence-corrected chi connectivity index (χ1v) is 7.45. The predicted molar refractivity (Wildman–Crippen MR) is 106 cm³/mol. The van der Waals surface area contributed by atoms with Gasteiger partial charge in [-0.3, -0.25) is 4.99 Å². The van der Waals surface area contributed by atoms with Crippen molar-refractivity contribution in [3.8, 4) is 0 Å². The van der Waals surface area contributed by atoms with E-state index in [-0.39, 0.29) is 29.9 Å². The van der Waals surface area contributed by atoms with Crippen LogP contribution >= 0.6 is 24.0 Å². The van der Waals surface area contributed by atoms with Crippen molar-refractivity contribution < 1.29 is 4.52 Å². The smallest absolute Gasteiger partial charge is 0.193 e. The van der Waals surface area contributed by atoms with Crippen molar-refractivity contribution in [2.75, 3.05) is 11.9 Å². The van der Waals surface area contributed by atoms with Crippen LogP contribution in [0, 0.1) is 27.7 Å². The third-order valence-electron chi connectivity index (χ3n) is 3.61. The van der Waals surface area contributed by atoms with Gasteiger partial charge in [-0.25, -0.2) is 0 Å². The Labute approximate surface area is 154 Å². The van der Waals surface area contributed by atoms with Crippen molar-refractivity contribution in [1.29, 1.82) is 0 Å². The second-order valence-electron chi connectivity index (χ2n) is 5.87. The Morgan fingerprint density at radius 2 is 1.83 bits per heavy atom. The number of halogens is 1. The molecule has 0 aliphatic rings. The van der Waals surface area contributed by atoms with E-state index in [0.29, 0.717) is 12.5 Å². The van der Waals surface area contributed by atoms with Gasteiger partial charge in [0.1, 0.15) is 5.76 Å². The molecule has 1 heterocycles. The van der Waals surface area contributed by atoms with Gasteiger partial charge in [0.15, 0.2) is 5.96 Å². The lowest BCUT2D eigenvalue weighted by molar-refractivity contribution is 0.391. The minimum absolute atomic E-state index is 0. The van der Waals surface area contributed by atoms with E-state index in [0.717, 1.165) is 22.7 Å². The zero-order valence-corrected chi connectivity index (χ0v) is 16.6. The molecule has 5 nitrogen and oxygen atoms in total. The molecule has 0 aliphatic carbocycles. The number of guanidine groups is 1. The summed E-state index contributed by atoms with van der Waals surface area (Å²) in [5.74, 6) is 1.48. The minimum atomic E-state index is 0. The van der Waals surface area contributed by atoms with E-state index < -0.39 is 0 Å². The van der Waals surface area contributed by atoms with Crippen LogP contribution in [0.25, 0.3) is 0 Å². The summed E-state index contributed by atoms with van der Waals surface area (Å²) in [6.45, 7) is 10.7. The minimum Gasteiger partial charge on any atom is -0.370 e. The molecule has 6 heteroatoms. The van der Waals surface area contributed by atoms with E-state index in [4.69, 9.17) is 10.3 Å². The molecule has 1 aromatic heterocycles. The number of nitrogens with one attached hydrogen (secondary N) is 1. The number of benzene rings is 1. The average Bonchev–Trinajstić information content (AvgIpc) is 2.74. The van der Waals surface area contributed by atoms with Gasteiger partial charge in [0.25, 0.3) is 0 Å².